The van der Waals surface area contributed by atoms with Gasteiger partial charge in [-0.25, -0.2) is 0 Å². The molecule has 0 aliphatic heterocycles. The van der Waals surface area contributed by atoms with Crippen molar-refractivity contribution < 1.29 is 14.2 Å². The minimum atomic E-state index is 0.449. The van der Waals surface area contributed by atoms with Crippen LogP contribution in [0, 0.1) is 6.92 Å². The van der Waals surface area contributed by atoms with Gasteiger partial charge in [-0.15, -0.1) is 0 Å². The van der Waals surface area contributed by atoms with Crippen molar-refractivity contribution in [1.29, 1.82) is 0 Å². The molecule has 5 nitrogen and oxygen atoms in total. The molecule has 0 fully saturated rings. The second-order valence-corrected chi connectivity index (χ2v) is 6.54. The van der Waals surface area contributed by atoms with Gasteiger partial charge in [0.05, 0.1) is 14.2 Å². The Balaban J connectivity index is 1.61. The Labute approximate surface area is 166 Å². The van der Waals surface area contributed by atoms with E-state index in [1.807, 2.05) is 37.3 Å². The third-order valence-corrected chi connectivity index (χ3v) is 4.48. The van der Waals surface area contributed by atoms with Crippen LogP contribution < -0.4 is 19.5 Å². The van der Waals surface area contributed by atoms with Gasteiger partial charge in [0.2, 0.25) is 0 Å². The predicted molar refractivity (Wildman–Crippen MR) is 110 cm³/mol. The van der Waals surface area contributed by atoms with Crippen LogP contribution in [0.3, 0.4) is 0 Å². The average molecular weight is 378 g/mol. The van der Waals surface area contributed by atoms with Crippen molar-refractivity contribution >= 4 is 0 Å². The van der Waals surface area contributed by atoms with Gasteiger partial charge in [0.25, 0.3) is 0 Å². The Morgan fingerprint density at radius 2 is 1.54 bits per heavy atom. The summed E-state index contributed by atoms with van der Waals surface area (Å²) in [4.78, 5) is 4.11. The van der Waals surface area contributed by atoms with E-state index < -0.39 is 0 Å². The molecule has 1 heterocycles. The summed E-state index contributed by atoms with van der Waals surface area (Å²) in [6, 6.07) is 16.1. The van der Waals surface area contributed by atoms with E-state index in [1.165, 1.54) is 5.56 Å². The molecule has 1 N–H and O–H groups in total. The smallest absolute Gasteiger partial charge is 0.161 e. The molecule has 0 aliphatic rings. The quantitative estimate of drug-likeness (QED) is 0.602. The Morgan fingerprint density at radius 3 is 2.21 bits per heavy atom. The number of aromatic nitrogens is 1. The van der Waals surface area contributed by atoms with Crippen LogP contribution in [0.5, 0.6) is 17.2 Å². The molecule has 0 radical (unpaired) electrons. The third-order valence-electron chi connectivity index (χ3n) is 4.48. The molecule has 5 heteroatoms. The minimum Gasteiger partial charge on any atom is -0.496 e. The van der Waals surface area contributed by atoms with Crippen molar-refractivity contribution in [1.82, 2.24) is 10.3 Å². The molecule has 0 aliphatic carbocycles. The van der Waals surface area contributed by atoms with E-state index in [0.717, 1.165) is 47.0 Å². The maximum absolute atomic E-state index is 5.95. The molecular formula is C23H26N2O3. The summed E-state index contributed by atoms with van der Waals surface area (Å²) in [5.74, 6) is 2.36. The Morgan fingerprint density at radius 1 is 0.821 bits per heavy atom. The number of aryl methyl sites for hydroxylation is 1. The molecule has 1 aromatic heterocycles. The molecule has 3 rings (SSSR count). The summed E-state index contributed by atoms with van der Waals surface area (Å²) in [5, 5.41) is 3.47. The lowest BCUT2D eigenvalue weighted by molar-refractivity contribution is 0.283. The predicted octanol–water partition coefficient (Wildman–Crippen LogP) is 4.28. The van der Waals surface area contributed by atoms with Gasteiger partial charge in [-0.2, -0.15) is 0 Å². The molecule has 146 valence electrons. The topological polar surface area (TPSA) is 52.6 Å². The molecule has 0 saturated heterocycles. The fraction of sp³-hybridized carbons (Fsp3) is 0.261. The summed E-state index contributed by atoms with van der Waals surface area (Å²) in [6.45, 7) is 3.97. The van der Waals surface area contributed by atoms with Gasteiger partial charge in [0, 0.05) is 31.0 Å². The summed E-state index contributed by atoms with van der Waals surface area (Å²) in [6.07, 6.45) is 3.55. The number of nitrogens with one attached hydrogen (secondary N) is 1. The zero-order valence-corrected chi connectivity index (χ0v) is 16.6. The van der Waals surface area contributed by atoms with Crippen LogP contribution in [-0.4, -0.2) is 19.2 Å². The SMILES string of the molecule is COc1cc(CNCc2ccc(OC)c(OCc3cccnc3)c2)ccc1C. The molecule has 0 atom stereocenters. The lowest BCUT2D eigenvalue weighted by atomic mass is 10.1. The first-order chi connectivity index (χ1) is 13.7. The molecule has 0 spiro atoms. The lowest BCUT2D eigenvalue weighted by Crippen LogP contribution is -2.13. The van der Waals surface area contributed by atoms with E-state index in [-0.39, 0.29) is 0 Å². The van der Waals surface area contributed by atoms with Gasteiger partial charge in [-0.05, 0) is 47.9 Å². The molecule has 0 saturated carbocycles. The van der Waals surface area contributed by atoms with Crippen LogP contribution in [0.1, 0.15) is 22.3 Å². The van der Waals surface area contributed by atoms with Crippen LogP contribution in [0.2, 0.25) is 0 Å². The van der Waals surface area contributed by atoms with E-state index in [0.29, 0.717) is 6.61 Å². The Bertz CT molecular complexity index is 898. The van der Waals surface area contributed by atoms with Crippen LogP contribution in [0.4, 0.5) is 0 Å². The standard InChI is InChI=1S/C23H26N2O3/c1-17-6-7-18(11-22(17)27-3)13-25-14-19-8-9-21(26-2)23(12-19)28-16-20-5-4-10-24-15-20/h4-12,15,25H,13-14,16H2,1-3H3. The van der Waals surface area contributed by atoms with Crippen molar-refractivity contribution in [2.24, 2.45) is 0 Å². The maximum atomic E-state index is 5.95. The van der Waals surface area contributed by atoms with E-state index in [2.05, 4.69) is 28.5 Å². The number of methoxy groups -OCH3 is 2. The molecule has 0 amide bonds. The first-order valence-electron chi connectivity index (χ1n) is 9.22. The highest BCUT2D eigenvalue weighted by Crippen LogP contribution is 2.29. The summed E-state index contributed by atoms with van der Waals surface area (Å²) < 4.78 is 16.8. The van der Waals surface area contributed by atoms with Crippen molar-refractivity contribution in [3.05, 3.63) is 83.2 Å². The number of ether oxygens (including phenoxy) is 3. The van der Waals surface area contributed by atoms with E-state index in [9.17, 15) is 0 Å². The summed E-state index contributed by atoms with van der Waals surface area (Å²) >= 11 is 0. The van der Waals surface area contributed by atoms with Crippen LogP contribution in [-0.2, 0) is 19.7 Å². The highest BCUT2D eigenvalue weighted by atomic mass is 16.5. The lowest BCUT2D eigenvalue weighted by Gasteiger charge is -2.13. The third kappa shape index (κ3) is 5.24. The van der Waals surface area contributed by atoms with Gasteiger partial charge in [-0.1, -0.05) is 24.3 Å². The monoisotopic (exact) mass is 378 g/mol. The maximum Gasteiger partial charge on any atom is 0.161 e. The molecule has 28 heavy (non-hydrogen) atoms. The summed E-state index contributed by atoms with van der Waals surface area (Å²) in [7, 11) is 3.35. The molecule has 2 aromatic carbocycles. The normalized spacial score (nSPS) is 10.5. The fourth-order valence-corrected chi connectivity index (χ4v) is 2.91. The first-order valence-corrected chi connectivity index (χ1v) is 9.22. The summed E-state index contributed by atoms with van der Waals surface area (Å²) in [5.41, 5.74) is 4.46. The van der Waals surface area contributed by atoms with Gasteiger partial charge >= 0.3 is 0 Å². The van der Waals surface area contributed by atoms with E-state index in [4.69, 9.17) is 14.2 Å². The largest absolute Gasteiger partial charge is 0.496 e. The van der Waals surface area contributed by atoms with Crippen molar-refractivity contribution in [2.75, 3.05) is 14.2 Å². The van der Waals surface area contributed by atoms with Crippen LogP contribution in [0.15, 0.2) is 60.9 Å². The minimum absolute atomic E-state index is 0.449. The molecule has 0 unspecified atom stereocenters. The molecule has 3 aromatic rings. The number of hydrogen-bond donors (Lipinski definition) is 1. The van der Waals surface area contributed by atoms with Gasteiger partial charge in [0.1, 0.15) is 12.4 Å². The number of nitrogens with zero attached hydrogens (tertiary/aromatic N) is 1. The van der Waals surface area contributed by atoms with Crippen LogP contribution in [0.25, 0.3) is 0 Å². The number of rotatable bonds is 9. The first kappa shape index (κ1) is 19.7. The number of pyridine rings is 1. The van der Waals surface area contributed by atoms with E-state index >= 15 is 0 Å². The fourth-order valence-electron chi connectivity index (χ4n) is 2.91. The van der Waals surface area contributed by atoms with Crippen molar-refractivity contribution in [2.45, 2.75) is 26.6 Å². The number of hydrogen-bond acceptors (Lipinski definition) is 5. The average Bonchev–Trinajstić information content (AvgIpc) is 2.74. The van der Waals surface area contributed by atoms with Crippen LogP contribution >= 0.6 is 0 Å². The molecule has 0 bridgehead atoms. The zero-order valence-electron chi connectivity index (χ0n) is 16.6. The van der Waals surface area contributed by atoms with Gasteiger partial charge in [-0.3, -0.25) is 4.98 Å². The highest BCUT2D eigenvalue weighted by molar-refractivity contribution is 5.43. The van der Waals surface area contributed by atoms with Gasteiger partial charge < -0.3 is 19.5 Å². The Hall–Kier alpha value is -3.05. The van der Waals surface area contributed by atoms with Crippen molar-refractivity contribution in [3.63, 3.8) is 0 Å². The van der Waals surface area contributed by atoms with Gasteiger partial charge in [0.15, 0.2) is 11.5 Å². The van der Waals surface area contributed by atoms with E-state index in [1.54, 1.807) is 26.6 Å². The second kappa shape index (κ2) is 9.76. The highest BCUT2D eigenvalue weighted by Gasteiger charge is 2.07. The zero-order chi connectivity index (χ0) is 19.8. The number of benzene rings is 2. The Kier molecular flexibility index (Phi) is 6.87. The second-order valence-electron chi connectivity index (χ2n) is 6.54. The molecular weight excluding hydrogens is 352 g/mol. The van der Waals surface area contributed by atoms with Crippen molar-refractivity contribution in [3.8, 4) is 17.2 Å².